The van der Waals surface area contributed by atoms with Crippen LogP contribution in [0.2, 0.25) is 0 Å². The van der Waals surface area contributed by atoms with E-state index in [1.165, 1.54) is 11.3 Å². The fraction of sp³-hybridized carbons (Fsp3) is 0.375. The van der Waals surface area contributed by atoms with Gasteiger partial charge in [-0.1, -0.05) is 20.3 Å². The highest BCUT2D eigenvalue weighted by Gasteiger charge is 2.15. The summed E-state index contributed by atoms with van der Waals surface area (Å²) in [5.74, 6) is 0.453. The van der Waals surface area contributed by atoms with E-state index in [4.69, 9.17) is 9.88 Å². The van der Waals surface area contributed by atoms with Crippen LogP contribution in [0.25, 0.3) is 11.3 Å². The molecule has 3 rings (SSSR count). The first-order valence-electron chi connectivity index (χ1n) is 11.3. The number of anilines is 2. The second-order valence-electron chi connectivity index (χ2n) is 8.08. The van der Waals surface area contributed by atoms with Crippen LogP contribution < -0.4 is 20.5 Å². The Labute approximate surface area is 206 Å². The lowest BCUT2D eigenvalue weighted by atomic mass is 10.1. The Kier molecular flexibility index (Phi) is 9.14. The van der Waals surface area contributed by atoms with Crippen LogP contribution in [0.15, 0.2) is 46.8 Å². The number of benzene rings is 1. The third-order valence-electron chi connectivity index (χ3n) is 5.05. The van der Waals surface area contributed by atoms with Crippen LogP contribution in [-0.2, 0) is 11.0 Å². The number of nitrogens with one attached hydrogen (secondary N) is 2. The Morgan fingerprint density at radius 1 is 1.24 bits per heavy atom. The van der Waals surface area contributed by atoms with E-state index in [1.807, 2.05) is 25.3 Å². The number of hydrogen-bond acceptors (Lipinski definition) is 7. The zero-order chi connectivity index (χ0) is 24.7. The average Bonchev–Trinajstić information content (AvgIpc) is 3.28. The molecular formula is C24H31N5O3S2. The molecule has 0 fully saturated rings. The van der Waals surface area contributed by atoms with Gasteiger partial charge in [-0.05, 0) is 57.0 Å². The normalized spacial score (nSPS) is 12.9. The zero-order valence-electron chi connectivity index (χ0n) is 19.8. The first-order valence-corrected chi connectivity index (χ1v) is 13.4. The van der Waals surface area contributed by atoms with Gasteiger partial charge >= 0.3 is 0 Å². The second-order valence-corrected chi connectivity index (χ2v) is 10.0. The molecule has 0 aliphatic carbocycles. The van der Waals surface area contributed by atoms with Crippen LogP contribution in [0.3, 0.4) is 0 Å². The molecule has 2 aromatic heterocycles. The zero-order valence-corrected chi connectivity index (χ0v) is 21.5. The van der Waals surface area contributed by atoms with Gasteiger partial charge in [0.1, 0.15) is 22.4 Å². The van der Waals surface area contributed by atoms with Crippen LogP contribution in [0.1, 0.15) is 57.4 Å². The molecule has 34 heavy (non-hydrogen) atoms. The summed E-state index contributed by atoms with van der Waals surface area (Å²) in [5.41, 5.74) is 2.55. The van der Waals surface area contributed by atoms with Gasteiger partial charge in [-0.3, -0.25) is 9.78 Å². The van der Waals surface area contributed by atoms with Crippen LogP contribution >= 0.6 is 11.3 Å². The lowest BCUT2D eigenvalue weighted by Crippen LogP contribution is -2.34. The maximum Gasteiger partial charge on any atom is 0.270 e. The number of ether oxygens (including phenoxy) is 1. The SMILES string of the molecule is CCCC(CC)NC(=O)c1ccc(-c2csc(Nc3cc(S(N)=O)ccc3OC(C)C)n2)cn1. The van der Waals surface area contributed by atoms with Crippen LogP contribution in [0.4, 0.5) is 10.8 Å². The van der Waals surface area contributed by atoms with Crippen molar-refractivity contribution in [1.82, 2.24) is 15.3 Å². The predicted molar refractivity (Wildman–Crippen MR) is 138 cm³/mol. The number of hydrogen-bond donors (Lipinski definition) is 3. The van der Waals surface area contributed by atoms with Crippen molar-refractivity contribution in [1.29, 1.82) is 0 Å². The molecular weight excluding hydrogens is 470 g/mol. The van der Waals surface area contributed by atoms with Gasteiger partial charge in [-0.2, -0.15) is 0 Å². The van der Waals surface area contributed by atoms with Crippen molar-refractivity contribution in [3.05, 3.63) is 47.6 Å². The lowest BCUT2D eigenvalue weighted by molar-refractivity contribution is 0.0928. The van der Waals surface area contributed by atoms with Crippen LogP contribution in [-0.4, -0.2) is 32.2 Å². The summed E-state index contributed by atoms with van der Waals surface area (Å²) >= 11 is 1.42. The van der Waals surface area contributed by atoms with E-state index in [0.717, 1.165) is 30.5 Å². The molecule has 3 aromatic rings. The van der Waals surface area contributed by atoms with E-state index in [2.05, 4.69) is 34.4 Å². The minimum Gasteiger partial charge on any atom is -0.489 e. The van der Waals surface area contributed by atoms with E-state index in [0.29, 0.717) is 27.2 Å². The third-order valence-corrected chi connectivity index (χ3v) is 6.53. The Bertz CT molecular complexity index is 1130. The molecule has 8 nitrogen and oxygen atoms in total. The van der Waals surface area contributed by atoms with Crippen molar-refractivity contribution in [3.8, 4) is 17.0 Å². The van der Waals surface area contributed by atoms with E-state index >= 15 is 0 Å². The van der Waals surface area contributed by atoms with Gasteiger partial charge in [-0.25, -0.2) is 14.3 Å². The predicted octanol–water partition coefficient (Wildman–Crippen LogP) is 5.03. The highest BCUT2D eigenvalue weighted by Crippen LogP contribution is 2.33. The topological polar surface area (TPSA) is 119 Å². The molecule has 4 N–H and O–H groups in total. The standard InChI is InChI=1S/C24H31N5O3S2/c1-5-7-17(6-2)27-23(30)19-10-8-16(13-26-19)21-14-33-24(29-21)28-20-12-18(34(25)31)9-11-22(20)32-15(3)4/h8-15,17H,5-7,25H2,1-4H3,(H,27,30)(H,28,29). The molecule has 10 heteroatoms. The van der Waals surface area contributed by atoms with Gasteiger partial charge in [0.15, 0.2) is 5.13 Å². The van der Waals surface area contributed by atoms with Gasteiger partial charge < -0.3 is 15.4 Å². The summed E-state index contributed by atoms with van der Waals surface area (Å²) in [6.07, 6.45) is 4.48. The average molecular weight is 502 g/mol. The number of carbonyl (C=O) groups is 1. The van der Waals surface area contributed by atoms with E-state index in [-0.39, 0.29) is 18.1 Å². The molecule has 2 heterocycles. The first kappa shape index (κ1) is 25.8. The van der Waals surface area contributed by atoms with Crippen molar-refractivity contribution in [2.24, 2.45) is 5.14 Å². The minimum atomic E-state index is -1.61. The molecule has 1 aromatic carbocycles. The molecule has 2 unspecified atom stereocenters. The summed E-state index contributed by atoms with van der Waals surface area (Å²) < 4.78 is 17.6. The number of nitrogens with zero attached hydrogens (tertiary/aromatic N) is 2. The molecule has 0 aliphatic rings. The molecule has 0 spiro atoms. The van der Waals surface area contributed by atoms with Crippen molar-refractivity contribution in [2.45, 2.75) is 64.0 Å². The first-order chi connectivity index (χ1) is 16.3. The molecule has 0 radical (unpaired) electrons. The highest BCUT2D eigenvalue weighted by atomic mass is 32.2. The largest absolute Gasteiger partial charge is 0.489 e. The Balaban J connectivity index is 1.75. The van der Waals surface area contributed by atoms with Crippen molar-refractivity contribution < 1.29 is 13.7 Å². The number of aromatic nitrogens is 2. The number of thiazole rings is 1. The van der Waals surface area contributed by atoms with Crippen molar-refractivity contribution in [2.75, 3.05) is 5.32 Å². The molecule has 0 bridgehead atoms. The fourth-order valence-electron chi connectivity index (χ4n) is 3.33. The summed E-state index contributed by atoms with van der Waals surface area (Å²) in [4.78, 5) is 21.9. The Morgan fingerprint density at radius 2 is 2.03 bits per heavy atom. The van der Waals surface area contributed by atoms with Crippen molar-refractivity contribution >= 4 is 39.0 Å². The smallest absolute Gasteiger partial charge is 0.270 e. The summed E-state index contributed by atoms with van der Waals surface area (Å²) in [5, 5.41) is 14.4. The lowest BCUT2D eigenvalue weighted by Gasteiger charge is -2.15. The molecule has 1 amide bonds. The third kappa shape index (κ3) is 6.85. The minimum absolute atomic E-state index is 0.0296. The van der Waals surface area contributed by atoms with Crippen molar-refractivity contribution in [3.63, 3.8) is 0 Å². The van der Waals surface area contributed by atoms with Crippen LogP contribution in [0, 0.1) is 0 Å². The number of nitrogens with two attached hydrogens (primary N) is 1. The van der Waals surface area contributed by atoms with Gasteiger partial charge in [0.25, 0.3) is 5.91 Å². The Morgan fingerprint density at radius 3 is 2.65 bits per heavy atom. The van der Waals surface area contributed by atoms with E-state index < -0.39 is 11.0 Å². The van der Waals surface area contributed by atoms with E-state index in [1.54, 1.807) is 30.5 Å². The highest BCUT2D eigenvalue weighted by molar-refractivity contribution is 7.82. The maximum absolute atomic E-state index is 12.5. The summed E-state index contributed by atoms with van der Waals surface area (Å²) in [6.45, 7) is 8.04. The van der Waals surface area contributed by atoms with E-state index in [9.17, 15) is 9.00 Å². The Hall–Kier alpha value is -2.82. The number of rotatable bonds is 11. The fourth-order valence-corrected chi connectivity index (χ4v) is 4.50. The number of carbonyl (C=O) groups excluding carboxylic acids is 1. The molecule has 182 valence electrons. The monoisotopic (exact) mass is 501 g/mol. The molecule has 2 atom stereocenters. The maximum atomic E-state index is 12.5. The van der Waals surface area contributed by atoms with Gasteiger partial charge in [-0.15, -0.1) is 11.3 Å². The molecule has 0 aliphatic heterocycles. The molecule has 0 saturated heterocycles. The van der Waals surface area contributed by atoms with Crippen LogP contribution in [0.5, 0.6) is 5.75 Å². The number of pyridine rings is 1. The van der Waals surface area contributed by atoms with Gasteiger partial charge in [0.05, 0.1) is 22.4 Å². The van der Waals surface area contributed by atoms with Gasteiger partial charge in [0.2, 0.25) is 0 Å². The van der Waals surface area contributed by atoms with Gasteiger partial charge in [0, 0.05) is 23.2 Å². The summed E-state index contributed by atoms with van der Waals surface area (Å²) in [6, 6.07) is 8.84. The quantitative estimate of drug-likeness (QED) is 0.339. The number of amides is 1. The molecule has 0 saturated carbocycles. The summed E-state index contributed by atoms with van der Waals surface area (Å²) in [7, 11) is -1.61. The second kappa shape index (κ2) is 12.0.